The van der Waals surface area contributed by atoms with Gasteiger partial charge >= 0.3 is 0 Å². The summed E-state index contributed by atoms with van der Waals surface area (Å²) >= 11 is 0. The molecule has 0 saturated carbocycles. The van der Waals surface area contributed by atoms with E-state index in [9.17, 15) is 0 Å². The van der Waals surface area contributed by atoms with Crippen LogP contribution in [0.2, 0.25) is 0 Å². The third-order valence-electron chi connectivity index (χ3n) is 10.6. The molecule has 1 aromatic heterocycles. The van der Waals surface area contributed by atoms with E-state index in [-0.39, 0.29) is 6.71 Å². The lowest BCUT2D eigenvalue weighted by molar-refractivity contribution is 0.669. The van der Waals surface area contributed by atoms with Gasteiger partial charge in [-0.05, 0) is 111 Å². The number of rotatable bonds is 3. The van der Waals surface area contributed by atoms with Crippen molar-refractivity contribution in [2.24, 2.45) is 0 Å². The lowest BCUT2D eigenvalue weighted by Crippen LogP contribution is -2.61. The number of benzene rings is 8. The molecule has 0 saturated heterocycles. The van der Waals surface area contributed by atoms with E-state index in [1.165, 1.54) is 61.0 Å². The average Bonchev–Trinajstić information content (AvgIpc) is 3.53. The number of nitrogens with zero attached hydrogens (tertiary/aromatic N) is 2. The summed E-state index contributed by atoms with van der Waals surface area (Å²) in [5.41, 5.74) is 15.3. The Hall–Kier alpha value is -6.52. The van der Waals surface area contributed by atoms with Gasteiger partial charge in [0.2, 0.25) is 0 Å². The first-order chi connectivity index (χ1) is 24.8. The van der Waals surface area contributed by atoms with Gasteiger partial charge in [0, 0.05) is 44.9 Å². The summed E-state index contributed by atoms with van der Waals surface area (Å²) in [7, 11) is 0. The zero-order valence-electron chi connectivity index (χ0n) is 27.1. The lowest BCUT2D eigenvalue weighted by Gasteiger charge is -2.44. The standard InChI is InChI=1S/C46H29BN2O/c1-3-15-33(16-4-1)48-39-21-10-9-20-38(39)47-45-35(32-25-26-43-36(28-32)37-27-30-13-7-8-14-31(30)29-44(37)50-43)19-11-22-40(45)49(34-17-5-2-6-18-34)42-24-12-23-41(48)46(42)47/h1-29H. The smallest absolute Gasteiger partial charge is 0.252 e. The molecule has 0 spiro atoms. The molecule has 3 nitrogen and oxygen atoms in total. The monoisotopic (exact) mass is 636 g/mol. The van der Waals surface area contributed by atoms with Gasteiger partial charge in [-0.15, -0.1) is 0 Å². The number of anilines is 6. The minimum absolute atomic E-state index is 0.0317. The highest BCUT2D eigenvalue weighted by atomic mass is 16.3. The van der Waals surface area contributed by atoms with E-state index in [1.807, 2.05) is 0 Å². The van der Waals surface area contributed by atoms with Crippen molar-refractivity contribution >= 4 is 89.9 Å². The molecule has 0 bridgehead atoms. The molecule has 0 unspecified atom stereocenters. The molecular formula is C46H29BN2O. The Morgan fingerprint density at radius 1 is 0.400 bits per heavy atom. The van der Waals surface area contributed by atoms with Crippen LogP contribution < -0.4 is 26.2 Å². The molecule has 2 aliphatic heterocycles. The maximum absolute atomic E-state index is 6.44. The Kier molecular flexibility index (Phi) is 5.76. The van der Waals surface area contributed by atoms with Gasteiger partial charge in [0.15, 0.2) is 0 Å². The number of hydrogen-bond acceptors (Lipinski definition) is 3. The van der Waals surface area contributed by atoms with E-state index >= 15 is 0 Å². The molecule has 3 heterocycles. The third-order valence-corrected chi connectivity index (χ3v) is 10.6. The predicted molar refractivity (Wildman–Crippen MR) is 211 cm³/mol. The van der Waals surface area contributed by atoms with Crippen LogP contribution in [0.3, 0.4) is 0 Å². The number of fused-ring (bicyclic) bond motifs is 8. The van der Waals surface area contributed by atoms with Crippen molar-refractivity contribution < 1.29 is 4.42 Å². The minimum atomic E-state index is 0.0317. The van der Waals surface area contributed by atoms with Gasteiger partial charge in [0.1, 0.15) is 11.2 Å². The zero-order chi connectivity index (χ0) is 32.8. The van der Waals surface area contributed by atoms with Crippen LogP contribution in [0.15, 0.2) is 180 Å². The maximum atomic E-state index is 6.44. The largest absolute Gasteiger partial charge is 0.456 e. The van der Waals surface area contributed by atoms with Crippen LogP contribution in [-0.4, -0.2) is 6.71 Å². The van der Waals surface area contributed by atoms with Crippen molar-refractivity contribution in [2.75, 3.05) is 9.80 Å². The fraction of sp³-hybridized carbons (Fsp3) is 0. The number of para-hydroxylation sites is 3. The summed E-state index contributed by atoms with van der Waals surface area (Å²) in [6.07, 6.45) is 0. The van der Waals surface area contributed by atoms with Gasteiger partial charge in [-0.2, -0.15) is 0 Å². The normalized spacial score (nSPS) is 13.1. The van der Waals surface area contributed by atoms with Gasteiger partial charge in [-0.3, -0.25) is 0 Å². The van der Waals surface area contributed by atoms with E-state index in [1.54, 1.807) is 0 Å². The van der Waals surface area contributed by atoms with Crippen molar-refractivity contribution in [2.45, 2.75) is 0 Å². The molecule has 8 aromatic carbocycles. The Bertz CT molecular complexity index is 2780. The van der Waals surface area contributed by atoms with Crippen LogP contribution in [0.4, 0.5) is 34.1 Å². The van der Waals surface area contributed by atoms with Gasteiger partial charge in [-0.25, -0.2) is 0 Å². The molecule has 0 radical (unpaired) electrons. The molecule has 2 aliphatic rings. The third kappa shape index (κ3) is 3.87. The highest BCUT2D eigenvalue weighted by Gasteiger charge is 2.44. The molecule has 0 fully saturated rings. The molecule has 0 atom stereocenters. The van der Waals surface area contributed by atoms with Crippen LogP contribution in [0.5, 0.6) is 0 Å². The maximum Gasteiger partial charge on any atom is 0.252 e. The quantitative estimate of drug-likeness (QED) is 0.180. The summed E-state index contributed by atoms with van der Waals surface area (Å²) < 4.78 is 6.44. The molecule has 4 heteroatoms. The second kappa shape index (κ2) is 10.5. The van der Waals surface area contributed by atoms with Crippen LogP contribution in [0, 0.1) is 0 Å². The second-order valence-corrected chi connectivity index (χ2v) is 13.3. The van der Waals surface area contributed by atoms with Crippen LogP contribution in [0.1, 0.15) is 0 Å². The van der Waals surface area contributed by atoms with E-state index in [2.05, 4.69) is 186 Å². The molecule has 11 rings (SSSR count). The topological polar surface area (TPSA) is 19.6 Å². The van der Waals surface area contributed by atoms with Gasteiger partial charge in [0.25, 0.3) is 6.71 Å². The van der Waals surface area contributed by atoms with E-state index in [0.29, 0.717) is 0 Å². The lowest BCUT2D eigenvalue weighted by atomic mass is 9.32. The summed E-state index contributed by atoms with van der Waals surface area (Å²) in [6.45, 7) is 0.0317. The van der Waals surface area contributed by atoms with Crippen molar-refractivity contribution in [3.05, 3.63) is 176 Å². The second-order valence-electron chi connectivity index (χ2n) is 13.3. The molecule has 0 N–H and O–H groups in total. The molecule has 0 amide bonds. The highest BCUT2D eigenvalue weighted by Crippen LogP contribution is 2.45. The fourth-order valence-electron chi connectivity index (χ4n) is 8.52. The van der Waals surface area contributed by atoms with E-state index in [4.69, 9.17) is 4.42 Å². The number of hydrogen-bond donors (Lipinski definition) is 0. The van der Waals surface area contributed by atoms with Crippen molar-refractivity contribution in [1.29, 1.82) is 0 Å². The first kappa shape index (κ1) is 27.4. The van der Waals surface area contributed by atoms with Gasteiger partial charge in [-0.1, -0.05) is 103 Å². The molecule has 50 heavy (non-hydrogen) atoms. The Labute approximate surface area is 290 Å². The Balaban J connectivity index is 1.21. The summed E-state index contributed by atoms with van der Waals surface area (Å²) in [6, 6.07) is 63.8. The van der Waals surface area contributed by atoms with Gasteiger partial charge in [0.05, 0.1) is 0 Å². The van der Waals surface area contributed by atoms with E-state index < -0.39 is 0 Å². The van der Waals surface area contributed by atoms with Crippen LogP contribution in [-0.2, 0) is 0 Å². The summed E-state index contributed by atoms with van der Waals surface area (Å²) in [4.78, 5) is 4.90. The van der Waals surface area contributed by atoms with Crippen LogP contribution in [0.25, 0.3) is 43.8 Å². The van der Waals surface area contributed by atoms with Crippen molar-refractivity contribution in [1.82, 2.24) is 0 Å². The predicted octanol–water partition coefficient (Wildman–Crippen LogP) is 10.5. The molecule has 232 valence electrons. The molecular weight excluding hydrogens is 607 g/mol. The average molecular weight is 637 g/mol. The van der Waals surface area contributed by atoms with E-state index in [0.717, 1.165) is 33.3 Å². The SMILES string of the molecule is c1ccc(N2c3ccccc3B3c4c(-c5ccc6oc7cc8ccccc8cc7c6c5)cccc4N(c4ccccc4)c4cccc2c43)cc1. The van der Waals surface area contributed by atoms with Crippen molar-refractivity contribution in [3.8, 4) is 11.1 Å². The minimum Gasteiger partial charge on any atom is -0.456 e. The first-order valence-corrected chi connectivity index (χ1v) is 17.2. The number of furan rings is 1. The highest BCUT2D eigenvalue weighted by molar-refractivity contribution is 7.01. The van der Waals surface area contributed by atoms with Gasteiger partial charge < -0.3 is 14.2 Å². The molecule has 9 aromatic rings. The first-order valence-electron chi connectivity index (χ1n) is 17.2. The fourth-order valence-corrected chi connectivity index (χ4v) is 8.52. The van der Waals surface area contributed by atoms with Crippen molar-refractivity contribution in [3.63, 3.8) is 0 Å². The Morgan fingerprint density at radius 2 is 0.960 bits per heavy atom. The zero-order valence-corrected chi connectivity index (χ0v) is 27.1. The summed E-state index contributed by atoms with van der Waals surface area (Å²) in [5.74, 6) is 0. The Morgan fingerprint density at radius 3 is 1.70 bits per heavy atom. The molecule has 0 aliphatic carbocycles. The van der Waals surface area contributed by atoms with Crippen LogP contribution >= 0.6 is 0 Å². The summed E-state index contributed by atoms with van der Waals surface area (Å²) in [5, 5.41) is 4.68.